The lowest BCUT2D eigenvalue weighted by Gasteiger charge is -2.18. The van der Waals surface area contributed by atoms with Crippen LogP contribution in [0.2, 0.25) is 0 Å². The first-order chi connectivity index (χ1) is 16.7. The standard InChI is InChI=1S/C26H23F3N2O4/c27-26(28,29)25(31)19-5-4-16(11-23(32)33)20(9-19)14-35-21-10-18-6-7-34-24(18)22(12-21)17-3-1-2-15(8-17)13-30/h1-10,12,25H,11,13-14,30-31H2,(H,32,33). The van der Waals surface area contributed by atoms with Gasteiger partial charge in [-0.1, -0.05) is 36.4 Å². The maximum atomic E-state index is 13.1. The van der Waals surface area contributed by atoms with Gasteiger partial charge in [-0.2, -0.15) is 13.2 Å². The molecule has 0 amide bonds. The summed E-state index contributed by atoms with van der Waals surface area (Å²) in [4.78, 5) is 11.3. The minimum absolute atomic E-state index is 0.146. The van der Waals surface area contributed by atoms with Crippen molar-refractivity contribution in [2.24, 2.45) is 11.5 Å². The first kappa shape index (κ1) is 24.3. The second kappa shape index (κ2) is 9.81. The Morgan fingerprint density at radius 2 is 1.86 bits per heavy atom. The molecule has 3 aromatic carbocycles. The summed E-state index contributed by atoms with van der Waals surface area (Å²) in [6, 6.07) is 14.5. The van der Waals surface area contributed by atoms with Crippen LogP contribution in [0, 0.1) is 0 Å². The van der Waals surface area contributed by atoms with Crippen LogP contribution >= 0.6 is 0 Å². The smallest absolute Gasteiger partial charge is 0.407 e. The number of benzene rings is 3. The van der Waals surface area contributed by atoms with Crippen LogP contribution in [-0.4, -0.2) is 17.3 Å². The minimum Gasteiger partial charge on any atom is -0.489 e. The van der Waals surface area contributed by atoms with Gasteiger partial charge in [-0.3, -0.25) is 4.79 Å². The van der Waals surface area contributed by atoms with Crippen molar-refractivity contribution in [1.29, 1.82) is 0 Å². The molecule has 0 spiro atoms. The molecule has 5 N–H and O–H groups in total. The third-order valence-electron chi connectivity index (χ3n) is 5.68. The normalized spacial score (nSPS) is 12.6. The van der Waals surface area contributed by atoms with Crippen molar-refractivity contribution in [1.82, 2.24) is 0 Å². The van der Waals surface area contributed by atoms with E-state index in [1.54, 1.807) is 24.5 Å². The highest BCUT2D eigenvalue weighted by atomic mass is 19.4. The van der Waals surface area contributed by atoms with Gasteiger partial charge in [-0.25, -0.2) is 0 Å². The number of alkyl halides is 3. The highest BCUT2D eigenvalue weighted by molar-refractivity contribution is 5.94. The van der Waals surface area contributed by atoms with Gasteiger partial charge in [0.2, 0.25) is 0 Å². The first-order valence-electron chi connectivity index (χ1n) is 10.7. The topological polar surface area (TPSA) is 112 Å². The summed E-state index contributed by atoms with van der Waals surface area (Å²) in [6.07, 6.45) is -3.44. The highest BCUT2D eigenvalue weighted by Gasteiger charge is 2.38. The molecule has 0 saturated heterocycles. The molecule has 4 rings (SSSR count). The van der Waals surface area contributed by atoms with E-state index in [0.29, 0.717) is 29.0 Å². The van der Waals surface area contributed by atoms with Gasteiger partial charge < -0.3 is 25.7 Å². The van der Waals surface area contributed by atoms with Crippen LogP contribution in [-0.2, 0) is 24.4 Å². The Labute approximate surface area is 198 Å². The van der Waals surface area contributed by atoms with Crippen molar-refractivity contribution in [2.75, 3.05) is 0 Å². The molecule has 0 aliphatic rings. The van der Waals surface area contributed by atoms with Crippen molar-refractivity contribution in [3.8, 4) is 16.9 Å². The number of carboxylic acid groups (broad SMARTS) is 1. The van der Waals surface area contributed by atoms with E-state index in [9.17, 15) is 23.1 Å². The van der Waals surface area contributed by atoms with Gasteiger partial charge in [-0.15, -0.1) is 0 Å². The molecule has 1 aromatic heterocycles. The van der Waals surface area contributed by atoms with Crippen LogP contribution in [0.5, 0.6) is 5.75 Å². The number of ether oxygens (including phenoxy) is 1. The molecule has 0 saturated carbocycles. The van der Waals surface area contributed by atoms with E-state index < -0.39 is 18.2 Å². The minimum atomic E-state index is -4.63. The van der Waals surface area contributed by atoms with Crippen LogP contribution < -0.4 is 16.2 Å². The lowest BCUT2D eigenvalue weighted by molar-refractivity contribution is -0.149. The molecule has 4 aromatic rings. The molecule has 0 aliphatic heterocycles. The molecule has 0 bridgehead atoms. The van der Waals surface area contributed by atoms with Crippen molar-refractivity contribution in [3.05, 3.63) is 89.2 Å². The Hall–Kier alpha value is -3.82. The molecule has 9 heteroatoms. The van der Waals surface area contributed by atoms with Gasteiger partial charge in [0.25, 0.3) is 0 Å². The Kier molecular flexibility index (Phi) is 6.81. The average molecular weight is 484 g/mol. The van der Waals surface area contributed by atoms with Gasteiger partial charge in [0.1, 0.15) is 24.0 Å². The summed E-state index contributed by atoms with van der Waals surface area (Å²) in [5.74, 6) is -0.667. The molecule has 1 heterocycles. The van der Waals surface area contributed by atoms with Crippen LogP contribution in [0.4, 0.5) is 13.2 Å². The number of fused-ring (bicyclic) bond motifs is 1. The molecule has 0 radical (unpaired) electrons. The van der Waals surface area contributed by atoms with Gasteiger partial charge in [0.15, 0.2) is 0 Å². The molecule has 182 valence electrons. The number of carbonyl (C=O) groups is 1. The zero-order valence-corrected chi connectivity index (χ0v) is 18.5. The van der Waals surface area contributed by atoms with E-state index in [4.69, 9.17) is 20.6 Å². The molecule has 1 atom stereocenters. The molecule has 0 aliphatic carbocycles. The Morgan fingerprint density at radius 1 is 1.06 bits per heavy atom. The predicted octanol–water partition coefficient (Wildman–Crippen LogP) is 5.33. The molecular weight excluding hydrogens is 461 g/mol. The zero-order chi connectivity index (χ0) is 25.2. The largest absolute Gasteiger partial charge is 0.489 e. The van der Waals surface area contributed by atoms with Crippen molar-refractivity contribution in [2.45, 2.75) is 31.8 Å². The first-order valence-corrected chi connectivity index (χ1v) is 10.7. The van der Waals surface area contributed by atoms with E-state index >= 15 is 0 Å². The monoisotopic (exact) mass is 484 g/mol. The van der Waals surface area contributed by atoms with Gasteiger partial charge in [-0.05, 0) is 52.1 Å². The van der Waals surface area contributed by atoms with E-state index in [0.717, 1.165) is 22.1 Å². The summed E-state index contributed by atoms with van der Waals surface area (Å²) in [5, 5.41) is 9.99. The number of hydrogen-bond donors (Lipinski definition) is 3. The Bertz CT molecular complexity index is 1360. The third kappa shape index (κ3) is 5.47. The lowest BCUT2D eigenvalue weighted by atomic mass is 9.98. The van der Waals surface area contributed by atoms with Gasteiger partial charge in [0, 0.05) is 17.5 Å². The van der Waals surface area contributed by atoms with E-state index in [1.807, 2.05) is 24.3 Å². The summed E-state index contributed by atoms with van der Waals surface area (Å²) in [5.41, 5.74) is 14.8. The maximum Gasteiger partial charge on any atom is 0.407 e. The van der Waals surface area contributed by atoms with E-state index in [2.05, 4.69) is 0 Å². The van der Waals surface area contributed by atoms with Gasteiger partial charge >= 0.3 is 12.1 Å². The SMILES string of the molecule is NCc1cccc(-c2cc(OCc3cc(C(N)C(F)(F)F)ccc3CC(=O)O)cc3ccoc23)c1. The lowest BCUT2D eigenvalue weighted by Crippen LogP contribution is -2.28. The summed E-state index contributed by atoms with van der Waals surface area (Å²) in [7, 11) is 0. The Morgan fingerprint density at radius 3 is 2.57 bits per heavy atom. The quantitative estimate of drug-likeness (QED) is 0.312. The second-order valence-corrected chi connectivity index (χ2v) is 8.12. The van der Waals surface area contributed by atoms with Crippen LogP contribution in [0.25, 0.3) is 22.1 Å². The number of furan rings is 1. The van der Waals surface area contributed by atoms with Crippen molar-refractivity contribution < 1.29 is 32.2 Å². The number of hydrogen-bond acceptors (Lipinski definition) is 5. The van der Waals surface area contributed by atoms with Crippen molar-refractivity contribution >= 4 is 16.9 Å². The number of rotatable bonds is 8. The molecule has 1 unspecified atom stereocenters. The fraction of sp³-hybridized carbons (Fsp3) is 0.192. The van der Waals surface area contributed by atoms with Crippen LogP contribution in [0.3, 0.4) is 0 Å². The van der Waals surface area contributed by atoms with Crippen molar-refractivity contribution in [3.63, 3.8) is 0 Å². The van der Waals surface area contributed by atoms with E-state index in [-0.39, 0.29) is 18.6 Å². The average Bonchev–Trinajstić information content (AvgIpc) is 3.30. The zero-order valence-electron chi connectivity index (χ0n) is 18.5. The third-order valence-corrected chi connectivity index (χ3v) is 5.68. The highest BCUT2D eigenvalue weighted by Crippen LogP contribution is 2.35. The fourth-order valence-electron chi connectivity index (χ4n) is 3.88. The second-order valence-electron chi connectivity index (χ2n) is 8.12. The molecule has 35 heavy (non-hydrogen) atoms. The van der Waals surface area contributed by atoms with Crippen LogP contribution in [0.15, 0.2) is 71.3 Å². The number of aliphatic carboxylic acids is 1. The summed E-state index contributed by atoms with van der Waals surface area (Å²) in [6.45, 7) is 0.223. The number of carboxylic acids is 1. The fourth-order valence-corrected chi connectivity index (χ4v) is 3.88. The molecular formula is C26H23F3N2O4. The Balaban J connectivity index is 1.69. The maximum absolute atomic E-state index is 13.1. The molecule has 6 nitrogen and oxygen atoms in total. The summed E-state index contributed by atoms with van der Waals surface area (Å²) >= 11 is 0. The van der Waals surface area contributed by atoms with E-state index in [1.165, 1.54) is 18.2 Å². The molecule has 0 fully saturated rings. The summed E-state index contributed by atoms with van der Waals surface area (Å²) < 4.78 is 51.0. The van der Waals surface area contributed by atoms with Gasteiger partial charge in [0.05, 0.1) is 12.7 Å². The predicted molar refractivity (Wildman–Crippen MR) is 125 cm³/mol. The number of nitrogens with two attached hydrogens (primary N) is 2. The number of halogens is 3. The van der Waals surface area contributed by atoms with Crippen LogP contribution in [0.1, 0.15) is 28.3 Å².